The van der Waals surface area contributed by atoms with Crippen LogP contribution in [-0.4, -0.2) is 27.6 Å². The minimum absolute atomic E-state index is 0.190. The fourth-order valence-electron chi connectivity index (χ4n) is 3.89. The fourth-order valence-corrected chi connectivity index (χ4v) is 4.51. The molecule has 0 radical (unpaired) electrons. The highest BCUT2D eigenvalue weighted by Crippen LogP contribution is 2.36. The first kappa shape index (κ1) is 26.9. The van der Waals surface area contributed by atoms with Gasteiger partial charge in [0.05, 0.1) is 18.1 Å². The SMILES string of the molecule is CCCCCCCCCCCCC(C(=O)OCC)C1C=CC(=C=S)C(=C=S)C1=C=S. The molecular formula is C25H34O2S3. The standard InChI is InChI=1S/C25H34O2S3/c1-3-5-6-7-8-9-10-11-12-13-14-22(25(26)27-4-2)21-16-15-20(17-28)23(18-29)24(21)19-30/h15-16,21-22H,3-14H2,1-2H3. The van der Waals surface area contributed by atoms with E-state index in [1.165, 1.54) is 51.4 Å². The van der Waals surface area contributed by atoms with Crippen molar-refractivity contribution < 1.29 is 9.53 Å². The van der Waals surface area contributed by atoms with Crippen LogP contribution in [0.3, 0.4) is 0 Å². The largest absolute Gasteiger partial charge is 0.466 e. The predicted molar refractivity (Wildman–Crippen MR) is 138 cm³/mol. The number of hydrogen-bond donors (Lipinski definition) is 0. The van der Waals surface area contributed by atoms with Crippen LogP contribution >= 0.6 is 36.7 Å². The van der Waals surface area contributed by atoms with Crippen LogP contribution in [-0.2, 0) is 9.53 Å². The molecule has 2 nitrogen and oxygen atoms in total. The second-order valence-electron chi connectivity index (χ2n) is 7.72. The van der Waals surface area contributed by atoms with Gasteiger partial charge in [-0.3, -0.25) is 4.79 Å². The third-order valence-corrected chi connectivity index (χ3v) is 6.20. The highest BCUT2D eigenvalue weighted by atomic mass is 32.1. The van der Waals surface area contributed by atoms with Crippen molar-refractivity contribution in [1.82, 2.24) is 0 Å². The monoisotopic (exact) mass is 462 g/mol. The van der Waals surface area contributed by atoms with Crippen LogP contribution in [0.25, 0.3) is 0 Å². The number of esters is 1. The summed E-state index contributed by atoms with van der Waals surface area (Å²) in [5.41, 5.74) is 1.99. The summed E-state index contributed by atoms with van der Waals surface area (Å²) in [7, 11) is 0. The number of unbranched alkanes of at least 4 members (excludes halogenated alkanes) is 9. The number of carbonyl (C=O) groups is 1. The van der Waals surface area contributed by atoms with E-state index in [4.69, 9.17) is 41.4 Å². The van der Waals surface area contributed by atoms with Crippen LogP contribution in [0.5, 0.6) is 0 Å². The van der Waals surface area contributed by atoms with Crippen LogP contribution in [0.1, 0.15) is 84.5 Å². The predicted octanol–water partition coefficient (Wildman–Crippen LogP) is 7.24. The van der Waals surface area contributed by atoms with Gasteiger partial charge in [-0.05, 0) is 71.1 Å². The van der Waals surface area contributed by atoms with Crippen molar-refractivity contribution in [1.29, 1.82) is 0 Å². The van der Waals surface area contributed by atoms with E-state index >= 15 is 0 Å². The van der Waals surface area contributed by atoms with Crippen molar-refractivity contribution in [2.75, 3.05) is 6.61 Å². The summed E-state index contributed by atoms with van der Waals surface area (Å²) >= 11 is 15.1. The molecule has 0 bridgehead atoms. The molecule has 2 atom stereocenters. The summed E-state index contributed by atoms with van der Waals surface area (Å²) in [4.78, 5) is 12.7. The van der Waals surface area contributed by atoms with Gasteiger partial charge in [0.1, 0.15) is 0 Å². The van der Waals surface area contributed by atoms with Gasteiger partial charge in [0.15, 0.2) is 0 Å². The average Bonchev–Trinajstić information content (AvgIpc) is 2.76. The number of rotatable bonds is 14. The summed E-state index contributed by atoms with van der Waals surface area (Å²) in [6.45, 7) is 4.44. The van der Waals surface area contributed by atoms with E-state index in [1.54, 1.807) is 0 Å². The Labute approximate surface area is 198 Å². The molecule has 1 aliphatic carbocycles. The molecule has 1 rings (SSSR count). The highest BCUT2D eigenvalue weighted by molar-refractivity contribution is 7.79. The van der Waals surface area contributed by atoms with Gasteiger partial charge in [-0.15, -0.1) is 0 Å². The molecule has 0 aliphatic heterocycles. The van der Waals surface area contributed by atoms with E-state index in [0.29, 0.717) is 23.3 Å². The van der Waals surface area contributed by atoms with E-state index < -0.39 is 0 Å². The lowest BCUT2D eigenvalue weighted by Crippen LogP contribution is -2.29. The van der Waals surface area contributed by atoms with Crippen LogP contribution < -0.4 is 0 Å². The Balaban J connectivity index is 2.66. The first-order valence-electron chi connectivity index (χ1n) is 11.2. The molecule has 0 saturated carbocycles. The Bertz CT molecular complexity index is 733. The maximum Gasteiger partial charge on any atom is 0.309 e. The zero-order valence-electron chi connectivity index (χ0n) is 18.3. The van der Waals surface area contributed by atoms with Crippen molar-refractivity contribution in [3.8, 4) is 0 Å². The van der Waals surface area contributed by atoms with Gasteiger partial charge in [-0.1, -0.05) is 77.2 Å². The zero-order chi connectivity index (χ0) is 22.2. The highest BCUT2D eigenvalue weighted by Gasteiger charge is 2.34. The fraction of sp³-hybridized carbons (Fsp3) is 0.640. The molecule has 0 heterocycles. The zero-order valence-corrected chi connectivity index (χ0v) is 20.8. The number of carbonyl (C=O) groups excluding carboxylic acids is 1. The maximum absolute atomic E-state index is 12.7. The number of hydrogen-bond acceptors (Lipinski definition) is 5. The minimum Gasteiger partial charge on any atom is -0.466 e. The molecule has 0 saturated heterocycles. The van der Waals surface area contributed by atoms with Crippen LogP contribution in [0.4, 0.5) is 0 Å². The Morgan fingerprint density at radius 1 is 0.933 bits per heavy atom. The molecule has 0 aromatic rings. The van der Waals surface area contributed by atoms with Gasteiger partial charge >= 0.3 is 5.97 Å². The van der Waals surface area contributed by atoms with Crippen LogP contribution in [0, 0.1) is 11.8 Å². The smallest absolute Gasteiger partial charge is 0.309 e. The van der Waals surface area contributed by atoms with Crippen molar-refractivity contribution in [2.45, 2.75) is 84.5 Å². The van der Waals surface area contributed by atoms with Gasteiger partial charge in [0.2, 0.25) is 0 Å². The molecule has 30 heavy (non-hydrogen) atoms. The molecule has 0 amide bonds. The minimum atomic E-state index is -0.300. The summed E-state index contributed by atoms with van der Waals surface area (Å²) in [5.74, 6) is -0.701. The maximum atomic E-state index is 12.7. The van der Waals surface area contributed by atoms with Gasteiger partial charge in [0, 0.05) is 17.1 Å². The quantitative estimate of drug-likeness (QED) is 0.154. The summed E-state index contributed by atoms with van der Waals surface area (Å²) < 4.78 is 5.37. The Hall–Kier alpha value is -1.18. The normalized spacial score (nSPS) is 16.6. The molecule has 0 fully saturated rings. The molecule has 5 heteroatoms. The lowest BCUT2D eigenvalue weighted by molar-refractivity contribution is -0.149. The lowest BCUT2D eigenvalue weighted by Gasteiger charge is -2.27. The van der Waals surface area contributed by atoms with Crippen LogP contribution in [0.15, 0.2) is 28.9 Å². The Kier molecular flexibility index (Phi) is 14.8. The van der Waals surface area contributed by atoms with Gasteiger partial charge in [-0.2, -0.15) is 0 Å². The van der Waals surface area contributed by atoms with E-state index in [-0.39, 0.29) is 17.8 Å². The molecule has 0 aromatic heterocycles. The second-order valence-corrected chi connectivity index (χ2v) is 8.34. The van der Waals surface area contributed by atoms with Gasteiger partial charge < -0.3 is 4.74 Å². The Morgan fingerprint density at radius 3 is 2.03 bits per heavy atom. The van der Waals surface area contributed by atoms with Crippen molar-refractivity contribution in [2.24, 2.45) is 11.8 Å². The second kappa shape index (κ2) is 16.5. The lowest BCUT2D eigenvalue weighted by atomic mass is 9.75. The van der Waals surface area contributed by atoms with E-state index in [9.17, 15) is 4.79 Å². The Morgan fingerprint density at radius 2 is 1.53 bits per heavy atom. The van der Waals surface area contributed by atoms with Crippen molar-refractivity contribution in [3.63, 3.8) is 0 Å². The summed E-state index contributed by atoms with van der Waals surface area (Å²) in [6, 6.07) is 0. The first-order chi connectivity index (χ1) is 14.6. The van der Waals surface area contributed by atoms with Gasteiger partial charge in [-0.25, -0.2) is 0 Å². The van der Waals surface area contributed by atoms with E-state index in [2.05, 4.69) is 22.0 Å². The van der Waals surface area contributed by atoms with Crippen LogP contribution in [0.2, 0.25) is 0 Å². The van der Waals surface area contributed by atoms with Crippen molar-refractivity contribution in [3.05, 3.63) is 28.9 Å². The number of allylic oxidation sites excluding steroid dienone is 5. The summed E-state index contributed by atoms with van der Waals surface area (Å²) in [5, 5.41) is 8.23. The third kappa shape index (κ3) is 8.90. The molecule has 0 spiro atoms. The summed E-state index contributed by atoms with van der Waals surface area (Å²) in [6.07, 6.45) is 17.2. The first-order valence-corrected chi connectivity index (χ1v) is 12.5. The molecular weight excluding hydrogens is 428 g/mol. The van der Waals surface area contributed by atoms with E-state index in [0.717, 1.165) is 19.3 Å². The average molecular weight is 463 g/mol. The van der Waals surface area contributed by atoms with Crippen molar-refractivity contribution >= 4 is 57.7 Å². The topological polar surface area (TPSA) is 26.3 Å². The molecule has 1 aliphatic rings. The van der Waals surface area contributed by atoms with Gasteiger partial charge in [0.25, 0.3) is 0 Å². The third-order valence-electron chi connectivity index (χ3n) is 5.56. The molecule has 0 aromatic carbocycles. The number of thiocarbonyl (C=S) groups is 3. The molecule has 0 N–H and O–H groups in total. The molecule has 164 valence electrons. The number of ether oxygens (including phenoxy) is 1. The molecule has 2 unspecified atom stereocenters. The van der Waals surface area contributed by atoms with E-state index in [1.807, 2.05) is 19.1 Å².